The summed E-state index contributed by atoms with van der Waals surface area (Å²) in [4.78, 5) is 0. The van der Waals surface area contributed by atoms with Crippen molar-refractivity contribution in [1.29, 1.82) is 0 Å². The minimum absolute atomic E-state index is 0.130. The van der Waals surface area contributed by atoms with Crippen molar-refractivity contribution >= 4 is 11.8 Å². The molecule has 0 aliphatic rings. The molecular weight excluding hydrogens is 144 g/mol. The first-order chi connectivity index (χ1) is 4.59. The maximum Gasteiger partial charge on any atom is 0.0658 e. The highest BCUT2D eigenvalue weighted by Gasteiger charge is 2.16. The van der Waals surface area contributed by atoms with Crippen molar-refractivity contribution in [2.45, 2.75) is 26.9 Å². The smallest absolute Gasteiger partial charge is 0.0658 e. The van der Waals surface area contributed by atoms with Crippen LogP contribution in [-0.4, -0.2) is 23.2 Å². The summed E-state index contributed by atoms with van der Waals surface area (Å²) in [6.07, 6.45) is 1.89. The Morgan fingerprint density at radius 1 is 1.30 bits per heavy atom. The standard InChI is InChI=1S/C8H18OS/c1-6(2)7(3)8(9)5-10-4/h6-9H,5H2,1-4H3. The molecule has 2 unspecified atom stereocenters. The number of aliphatic hydroxyl groups is 1. The van der Waals surface area contributed by atoms with Crippen molar-refractivity contribution in [1.82, 2.24) is 0 Å². The van der Waals surface area contributed by atoms with Gasteiger partial charge in [0.2, 0.25) is 0 Å². The van der Waals surface area contributed by atoms with Crippen molar-refractivity contribution in [2.24, 2.45) is 11.8 Å². The van der Waals surface area contributed by atoms with E-state index in [9.17, 15) is 5.11 Å². The normalized spacial score (nSPS) is 17.4. The average Bonchev–Trinajstić information content (AvgIpc) is 1.87. The van der Waals surface area contributed by atoms with E-state index in [1.807, 2.05) is 6.26 Å². The van der Waals surface area contributed by atoms with E-state index in [4.69, 9.17) is 0 Å². The number of hydrogen-bond donors (Lipinski definition) is 1. The molecule has 2 atom stereocenters. The summed E-state index contributed by atoms with van der Waals surface area (Å²) in [5.74, 6) is 1.87. The molecule has 0 saturated heterocycles. The molecule has 0 bridgehead atoms. The van der Waals surface area contributed by atoms with Gasteiger partial charge in [0.15, 0.2) is 0 Å². The molecule has 0 saturated carbocycles. The van der Waals surface area contributed by atoms with Crippen LogP contribution in [0.5, 0.6) is 0 Å². The van der Waals surface area contributed by atoms with Crippen molar-refractivity contribution in [3.05, 3.63) is 0 Å². The molecule has 2 heteroatoms. The molecule has 0 radical (unpaired) electrons. The van der Waals surface area contributed by atoms with Crippen LogP contribution < -0.4 is 0 Å². The van der Waals surface area contributed by atoms with Crippen LogP contribution in [0.3, 0.4) is 0 Å². The molecule has 1 N–H and O–H groups in total. The Balaban J connectivity index is 3.58. The summed E-state index contributed by atoms with van der Waals surface area (Å²) in [6.45, 7) is 6.40. The fraction of sp³-hybridized carbons (Fsp3) is 1.00. The quantitative estimate of drug-likeness (QED) is 0.682. The first-order valence-electron chi connectivity index (χ1n) is 3.76. The largest absolute Gasteiger partial charge is 0.392 e. The van der Waals surface area contributed by atoms with E-state index in [1.165, 1.54) is 0 Å². The van der Waals surface area contributed by atoms with Gasteiger partial charge in [-0.25, -0.2) is 0 Å². The van der Waals surface area contributed by atoms with Crippen LogP contribution in [-0.2, 0) is 0 Å². The van der Waals surface area contributed by atoms with Gasteiger partial charge in [-0.3, -0.25) is 0 Å². The summed E-state index contributed by atoms with van der Waals surface area (Å²) in [5.41, 5.74) is 0. The summed E-state index contributed by atoms with van der Waals surface area (Å²) in [7, 11) is 0. The van der Waals surface area contributed by atoms with Gasteiger partial charge < -0.3 is 5.11 Å². The lowest BCUT2D eigenvalue weighted by Gasteiger charge is -2.21. The molecule has 0 heterocycles. The Bertz CT molecular complexity index is 83.3. The first-order valence-corrected chi connectivity index (χ1v) is 5.16. The Kier molecular flexibility index (Phi) is 5.18. The predicted molar refractivity (Wildman–Crippen MR) is 48.4 cm³/mol. The minimum Gasteiger partial charge on any atom is -0.392 e. The molecular formula is C8H18OS. The summed E-state index contributed by atoms with van der Waals surface area (Å²) in [6, 6.07) is 0. The lowest BCUT2D eigenvalue weighted by molar-refractivity contribution is 0.113. The zero-order chi connectivity index (χ0) is 8.15. The fourth-order valence-electron chi connectivity index (χ4n) is 0.767. The second-order valence-corrected chi connectivity index (χ2v) is 4.04. The Hall–Kier alpha value is 0.310. The van der Waals surface area contributed by atoms with Crippen LogP contribution in [0.2, 0.25) is 0 Å². The second-order valence-electron chi connectivity index (χ2n) is 3.13. The molecule has 1 nitrogen and oxygen atoms in total. The molecule has 0 aliphatic carbocycles. The summed E-state index contributed by atoms with van der Waals surface area (Å²) in [5, 5.41) is 9.47. The molecule has 0 amide bonds. The average molecular weight is 162 g/mol. The highest BCUT2D eigenvalue weighted by Crippen LogP contribution is 2.16. The van der Waals surface area contributed by atoms with Gasteiger partial charge in [-0.1, -0.05) is 20.8 Å². The molecule has 10 heavy (non-hydrogen) atoms. The van der Waals surface area contributed by atoms with Gasteiger partial charge in [-0.05, 0) is 18.1 Å². The van der Waals surface area contributed by atoms with E-state index in [0.29, 0.717) is 11.8 Å². The van der Waals surface area contributed by atoms with Gasteiger partial charge in [0.05, 0.1) is 6.10 Å². The summed E-state index contributed by atoms with van der Waals surface area (Å²) < 4.78 is 0. The van der Waals surface area contributed by atoms with E-state index in [0.717, 1.165) is 5.75 Å². The lowest BCUT2D eigenvalue weighted by Crippen LogP contribution is -2.24. The molecule has 0 spiro atoms. The van der Waals surface area contributed by atoms with Crippen LogP contribution in [0.1, 0.15) is 20.8 Å². The van der Waals surface area contributed by atoms with Crippen LogP contribution >= 0.6 is 11.8 Å². The van der Waals surface area contributed by atoms with Gasteiger partial charge in [0.1, 0.15) is 0 Å². The SMILES string of the molecule is CSCC(O)C(C)C(C)C. The monoisotopic (exact) mass is 162 g/mol. The van der Waals surface area contributed by atoms with Crippen molar-refractivity contribution < 1.29 is 5.11 Å². The second kappa shape index (κ2) is 5.03. The maximum atomic E-state index is 9.47. The van der Waals surface area contributed by atoms with Gasteiger partial charge in [0.25, 0.3) is 0 Å². The first kappa shape index (κ1) is 10.3. The van der Waals surface area contributed by atoms with Gasteiger partial charge in [-0.15, -0.1) is 0 Å². The highest BCUT2D eigenvalue weighted by molar-refractivity contribution is 7.98. The number of thioether (sulfide) groups is 1. The molecule has 0 fully saturated rings. The highest BCUT2D eigenvalue weighted by atomic mass is 32.2. The third kappa shape index (κ3) is 3.47. The van der Waals surface area contributed by atoms with E-state index in [2.05, 4.69) is 20.8 Å². The number of rotatable bonds is 4. The molecule has 62 valence electrons. The van der Waals surface area contributed by atoms with Crippen molar-refractivity contribution in [2.75, 3.05) is 12.0 Å². The molecule has 0 aromatic rings. The van der Waals surface area contributed by atoms with Crippen LogP contribution in [0.15, 0.2) is 0 Å². The molecule has 0 aromatic heterocycles. The van der Waals surface area contributed by atoms with E-state index < -0.39 is 0 Å². The van der Waals surface area contributed by atoms with Gasteiger partial charge in [-0.2, -0.15) is 11.8 Å². The maximum absolute atomic E-state index is 9.47. The van der Waals surface area contributed by atoms with Gasteiger partial charge >= 0.3 is 0 Å². The topological polar surface area (TPSA) is 20.2 Å². The van der Waals surface area contributed by atoms with Crippen molar-refractivity contribution in [3.8, 4) is 0 Å². The van der Waals surface area contributed by atoms with E-state index in [1.54, 1.807) is 11.8 Å². The van der Waals surface area contributed by atoms with E-state index in [-0.39, 0.29) is 6.10 Å². The van der Waals surface area contributed by atoms with Crippen LogP contribution in [0, 0.1) is 11.8 Å². The van der Waals surface area contributed by atoms with E-state index >= 15 is 0 Å². The third-order valence-corrected chi connectivity index (χ3v) is 2.67. The zero-order valence-electron chi connectivity index (χ0n) is 7.29. The van der Waals surface area contributed by atoms with Gasteiger partial charge in [0, 0.05) is 5.75 Å². The predicted octanol–water partition coefficient (Wildman–Crippen LogP) is 2.00. The number of hydrogen-bond acceptors (Lipinski definition) is 2. The fourth-order valence-corrected chi connectivity index (χ4v) is 1.41. The third-order valence-electron chi connectivity index (χ3n) is 2.00. The Morgan fingerprint density at radius 3 is 2.10 bits per heavy atom. The Morgan fingerprint density at radius 2 is 1.80 bits per heavy atom. The van der Waals surface area contributed by atoms with Crippen molar-refractivity contribution in [3.63, 3.8) is 0 Å². The Labute approximate surface area is 68.2 Å². The minimum atomic E-state index is -0.130. The molecule has 0 aromatic carbocycles. The lowest BCUT2D eigenvalue weighted by atomic mass is 9.93. The molecule has 0 aliphatic heterocycles. The zero-order valence-corrected chi connectivity index (χ0v) is 8.11. The number of aliphatic hydroxyl groups excluding tert-OH is 1. The summed E-state index contributed by atoms with van der Waals surface area (Å²) >= 11 is 1.71. The van der Waals surface area contributed by atoms with Crippen LogP contribution in [0.4, 0.5) is 0 Å². The molecule has 0 rings (SSSR count). The van der Waals surface area contributed by atoms with Crippen LogP contribution in [0.25, 0.3) is 0 Å².